The fourth-order valence-corrected chi connectivity index (χ4v) is 3.38. The molecule has 24 heavy (non-hydrogen) atoms. The average Bonchev–Trinajstić information content (AvgIpc) is 2.94. The predicted octanol–water partition coefficient (Wildman–Crippen LogP) is 5.40. The summed E-state index contributed by atoms with van der Waals surface area (Å²) in [6, 6.07) is 12.1. The average molecular weight is 390 g/mol. The number of nitrogens with one attached hydrogen (secondary N) is 1. The van der Waals surface area contributed by atoms with Crippen molar-refractivity contribution in [1.82, 2.24) is 4.98 Å². The maximum Gasteiger partial charge on any atom is 0.313 e. The van der Waals surface area contributed by atoms with Gasteiger partial charge in [-0.25, -0.2) is 4.39 Å². The molecule has 3 rings (SSSR count). The van der Waals surface area contributed by atoms with Crippen LogP contribution in [0.15, 0.2) is 46.9 Å². The van der Waals surface area contributed by atoms with Crippen molar-refractivity contribution < 1.29 is 13.9 Å². The minimum Gasteiger partial charge on any atom is -0.469 e. The first-order chi connectivity index (χ1) is 11.5. The molecule has 0 bridgehead atoms. The largest absolute Gasteiger partial charge is 0.469 e. The summed E-state index contributed by atoms with van der Waals surface area (Å²) in [5.74, 6) is -0.959. The fraction of sp³-hybridized carbons (Fsp3) is 0.211. The third-order valence-corrected chi connectivity index (χ3v) is 4.67. The number of aromatic amines is 1. The minimum absolute atomic E-state index is 0.276. The third-order valence-electron chi connectivity index (χ3n) is 4.18. The molecule has 3 aromatic rings. The van der Waals surface area contributed by atoms with E-state index < -0.39 is 5.92 Å². The molecule has 0 aliphatic carbocycles. The first-order valence-electron chi connectivity index (χ1n) is 7.70. The summed E-state index contributed by atoms with van der Waals surface area (Å²) in [5.41, 5.74) is 3.46. The molecule has 0 amide bonds. The van der Waals surface area contributed by atoms with Gasteiger partial charge in [0.05, 0.1) is 18.7 Å². The molecule has 2 aromatic carbocycles. The highest BCUT2D eigenvalue weighted by Gasteiger charge is 2.27. The molecule has 0 saturated carbocycles. The minimum atomic E-state index is -0.391. The van der Waals surface area contributed by atoms with Crippen molar-refractivity contribution in [3.63, 3.8) is 0 Å². The van der Waals surface area contributed by atoms with Gasteiger partial charge in [0, 0.05) is 15.4 Å². The molecule has 0 radical (unpaired) electrons. The number of methoxy groups -OCH3 is 1. The van der Waals surface area contributed by atoms with Gasteiger partial charge in [-0.1, -0.05) is 22.9 Å². The maximum atomic E-state index is 13.3. The number of carbonyl (C=O) groups is 1. The van der Waals surface area contributed by atoms with Crippen LogP contribution < -0.4 is 0 Å². The quantitative estimate of drug-likeness (QED) is 0.606. The van der Waals surface area contributed by atoms with Crippen LogP contribution in [0, 0.1) is 5.82 Å². The summed E-state index contributed by atoms with van der Waals surface area (Å²) < 4.78 is 19.2. The van der Waals surface area contributed by atoms with Gasteiger partial charge in [0.25, 0.3) is 0 Å². The lowest BCUT2D eigenvalue weighted by molar-refractivity contribution is -0.142. The van der Waals surface area contributed by atoms with E-state index in [-0.39, 0.29) is 11.8 Å². The van der Waals surface area contributed by atoms with E-state index in [1.165, 1.54) is 19.2 Å². The van der Waals surface area contributed by atoms with Gasteiger partial charge in [0.1, 0.15) is 5.82 Å². The Balaban J connectivity index is 2.29. The van der Waals surface area contributed by atoms with Crippen LogP contribution in [0.2, 0.25) is 0 Å². The summed E-state index contributed by atoms with van der Waals surface area (Å²) in [4.78, 5) is 15.7. The molecule has 0 aliphatic rings. The lowest BCUT2D eigenvalue weighted by Gasteiger charge is -2.15. The number of halogens is 2. The molecule has 1 N–H and O–H groups in total. The van der Waals surface area contributed by atoms with Gasteiger partial charge in [-0.15, -0.1) is 0 Å². The van der Waals surface area contributed by atoms with Crippen LogP contribution >= 0.6 is 15.9 Å². The molecule has 0 aliphatic heterocycles. The van der Waals surface area contributed by atoms with Crippen LogP contribution in [0.3, 0.4) is 0 Å². The van der Waals surface area contributed by atoms with E-state index in [0.29, 0.717) is 6.42 Å². The van der Waals surface area contributed by atoms with Crippen LogP contribution in [0.25, 0.3) is 22.2 Å². The fourth-order valence-electron chi connectivity index (χ4n) is 3.02. The SMILES string of the molecule is CCC(C(=O)OC)c1c(-c2ccc(F)cc2)[nH]c2ccc(Br)cc12. The zero-order chi connectivity index (χ0) is 17.3. The van der Waals surface area contributed by atoms with Crippen molar-refractivity contribution >= 4 is 32.8 Å². The highest BCUT2D eigenvalue weighted by Crippen LogP contribution is 2.38. The Morgan fingerprint density at radius 2 is 1.96 bits per heavy atom. The normalized spacial score (nSPS) is 12.3. The summed E-state index contributed by atoms with van der Waals surface area (Å²) in [6.07, 6.45) is 0.611. The van der Waals surface area contributed by atoms with Gasteiger partial charge in [-0.3, -0.25) is 4.79 Å². The molecule has 1 unspecified atom stereocenters. The first-order valence-corrected chi connectivity index (χ1v) is 8.49. The lowest BCUT2D eigenvalue weighted by atomic mass is 9.91. The van der Waals surface area contributed by atoms with Crippen molar-refractivity contribution in [2.75, 3.05) is 7.11 Å². The molecule has 1 heterocycles. The molecule has 0 saturated heterocycles. The van der Waals surface area contributed by atoms with Crippen molar-refractivity contribution in [1.29, 1.82) is 0 Å². The second-order valence-corrected chi connectivity index (χ2v) is 6.51. The van der Waals surface area contributed by atoms with E-state index in [4.69, 9.17) is 4.74 Å². The molecule has 124 valence electrons. The number of H-pyrrole nitrogens is 1. The van der Waals surface area contributed by atoms with E-state index in [9.17, 15) is 9.18 Å². The van der Waals surface area contributed by atoms with E-state index in [1.54, 1.807) is 12.1 Å². The topological polar surface area (TPSA) is 42.1 Å². The predicted molar refractivity (Wildman–Crippen MR) is 96.4 cm³/mol. The third kappa shape index (κ3) is 2.96. The number of rotatable bonds is 4. The van der Waals surface area contributed by atoms with E-state index in [1.807, 2.05) is 25.1 Å². The Morgan fingerprint density at radius 3 is 2.58 bits per heavy atom. The highest BCUT2D eigenvalue weighted by molar-refractivity contribution is 9.10. The van der Waals surface area contributed by atoms with Crippen LogP contribution in [0.4, 0.5) is 4.39 Å². The zero-order valence-electron chi connectivity index (χ0n) is 13.4. The van der Waals surface area contributed by atoms with Crippen molar-refractivity contribution in [2.45, 2.75) is 19.3 Å². The first kappa shape index (κ1) is 16.7. The van der Waals surface area contributed by atoms with Gasteiger partial charge in [-0.05, 0) is 60.0 Å². The van der Waals surface area contributed by atoms with Crippen molar-refractivity contribution in [3.8, 4) is 11.3 Å². The van der Waals surface area contributed by atoms with E-state index in [2.05, 4.69) is 20.9 Å². The number of hydrogen-bond acceptors (Lipinski definition) is 2. The Kier molecular flexibility index (Phi) is 4.71. The maximum absolute atomic E-state index is 13.3. The molecule has 1 atom stereocenters. The standard InChI is InChI=1S/C19H17BrFNO2/c1-3-14(19(23)24-2)17-15-10-12(20)6-9-16(15)22-18(17)11-4-7-13(21)8-5-11/h4-10,14,22H,3H2,1-2H3. The number of ether oxygens (including phenoxy) is 1. The van der Waals surface area contributed by atoms with Crippen LogP contribution in [-0.4, -0.2) is 18.1 Å². The zero-order valence-corrected chi connectivity index (χ0v) is 15.0. The molecular weight excluding hydrogens is 373 g/mol. The van der Waals surface area contributed by atoms with Gasteiger partial charge in [-0.2, -0.15) is 0 Å². The monoisotopic (exact) mass is 389 g/mol. The van der Waals surface area contributed by atoms with Gasteiger partial charge >= 0.3 is 5.97 Å². The molecule has 3 nitrogen and oxygen atoms in total. The molecular formula is C19H17BrFNO2. The van der Waals surface area contributed by atoms with Crippen molar-refractivity contribution in [3.05, 3.63) is 58.3 Å². The number of carbonyl (C=O) groups excluding carboxylic acids is 1. The Hall–Kier alpha value is -2.14. The van der Waals surface area contributed by atoms with E-state index in [0.717, 1.165) is 32.2 Å². The van der Waals surface area contributed by atoms with Gasteiger partial charge in [0.2, 0.25) is 0 Å². The van der Waals surface area contributed by atoms with Crippen LogP contribution in [0.5, 0.6) is 0 Å². The second kappa shape index (κ2) is 6.77. The molecule has 1 aromatic heterocycles. The number of hydrogen-bond donors (Lipinski definition) is 1. The summed E-state index contributed by atoms with van der Waals surface area (Å²) in [5, 5.41) is 0.959. The Bertz CT molecular complexity index is 886. The number of aromatic nitrogens is 1. The molecule has 5 heteroatoms. The summed E-state index contributed by atoms with van der Waals surface area (Å²) in [6.45, 7) is 1.95. The van der Waals surface area contributed by atoms with Crippen molar-refractivity contribution in [2.24, 2.45) is 0 Å². The van der Waals surface area contributed by atoms with Gasteiger partial charge < -0.3 is 9.72 Å². The number of fused-ring (bicyclic) bond motifs is 1. The summed E-state index contributed by atoms with van der Waals surface area (Å²) in [7, 11) is 1.40. The Labute approximate surface area is 148 Å². The van der Waals surface area contributed by atoms with Gasteiger partial charge in [0.15, 0.2) is 0 Å². The number of esters is 1. The number of benzene rings is 2. The second-order valence-electron chi connectivity index (χ2n) is 5.59. The summed E-state index contributed by atoms with van der Waals surface area (Å²) >= 11 is 3.49. The lowest BCUT2D eigenvalue weighted by Crippen LogP contribution is -2.14. The Morgan fingerprint density at radius 1 is 1.25 bits per heavy atom. The highest BCUT2D eigenvalue weighted by atomic mass is 79.9. The van der Waals surface area contributed by atoms with E-state index >= 15 is 0 Å². The van der Waals surface area contributed by atoms with Crippen LogP contribution in [-0.2, 0) is 9.53 Å². The molecule has 0 spiro atoms. The molecule has 0 fully saturated rings. The van der Waals surface area contributed by atoms with Crippen LogP contribution in [0.1, 0.15) is 24.8 Å². The smallest absolute Gasteiger partial charge is 0.313 e.